The fourth-order valence-electron chi connectivity index (χ4n) is 2.91. The molecule has 0 amide bonds. The molecule has 2 rings (SSSR count). The molecule has 0 N–H and O–H groups in total. The molecule has 4 heteroatoms. The van der Waals surface area contributed by atoms with Gasteiger partial charge in [0.2, 0.25) is 0 Å². The molecule has 2 aliphatic heterocycles. The van der Waals surface area contributed by atoms with Crippen LogP contribution in [0.2, 0.25) is 0 Å². The number of allylic oxidation sites excluding steroid dienone is 1. The van der Waals surface area contributed by atoms with Crippen molar-refractivity contribution in [2.24, 2.45) is 0 Å². The van der Waals surface area contributed by atoms with Gasteiger partial charge < -0.3 is 9.47 Å². The predicted octanol–water partition coefficient (Wildman–Crippen LogP) is 4.88. The van der Waals surface area contributed by atoms with E-state index in [1.54, 1.807) is 4.99 Å². The highest BCUT2D eigenvalue weighted by atomic mass is 79.9. The number of halogens is 2. The molecule has 0 aromatic heterocycles. The molecule has 0 aromatic carbocycles. The molecular weight excluding hydrogens is 384 g/mol. The van der Waals surface area contributed by atoms with Crippen molar-refractivity contribution in [1.29, 1.82) is 0 Å². The van der Waals surface area contributed by atoms with Crippen LogP contribution in [-0.4, -0.2) is 28.7 Å². The first-order chi connectivity index (χ1) is 9.58. The Bertz CT molecular complexity index is 415. The van der Waals surface area contributed by atoms with Crippen molar-refractivity contribution >= 4 is 31.9 Å². The summed E-state index contributed by atoms with van der Waals surface area (Å²) in [5.41, 5.74) is 2.79. The van der Waals surface area contributed by atoms with Crippen molar-refractivity contribution in [2.45, 2.75) is 68.3 Å². The van der Waals surface area contributed by atoms with Gasteiger partial charge in [0.1, 0.15) is 0 Å². The van der Waals surface area contributed by atoms with Crippen LogP contribution in [0.4, 0.5) is 0 Å². The number of ether oxygens (including phenoxy) is 2. The Morgan fingerprint density at radius 3 is 2.80 bits per heavy atom. The molecule has 112 valence electrons. The second-order valence-electron chi connectivity index (χ2n) is 5.67. The van der Waals surface area contributed by atoms with Crippen LogP contribution >= 0.6 is 31.9 Å². The van der Waals surface area contributed by atoms with E-state index in [0.29, 0.717) is 4.83 Å². The average molecular weight is 406 g/mol. The first-order valence-corrected chi connectivity index (χ1v) is 9.06. The van der Waals surface area contributed by atoms with E-state index in [0.717, 1.165) is 25.7 Å². The Labute approximate surface area is 138 Å². The Balaban J connectivity index is 2.16. The van der Waals surface area contributed by atoms with Gasteiger partial charge in [-0.2, -0.15) is 0 Å². The molecule has 5 atom stereocenters. The highest BCUT2D eigenvalue weighted by Crippen LogP contribution is 2.37. The van der Waals surface area contributed by atoms with Crippen molar-refractivity contribution in [3.63, 3.8) is 0 Å². The molecule has 2 heterocycles. The lowest BCUT2D eigenvalue weighted by atomic mass is 9.99. The third kappa shape index (κ3) is 4.08. The average Bonchev–Trinajstić information content (AvgIpc) is 2.76. The molecule has 0 bridgehead atoms. The van der Waals surface area contributed by atoms with Gasteiger partial charge in [-0.25, -0.2) is 0 Å². The summed E-state index contributed by atoms with van der Waals surface area (Å²) < 4.78 is 12.6. The minimum absolute atomic E-state index is 0.136. The molecule has 0 saturated carbocycles. The molecule has 1 saturated heterocycles. The monoisotopic (exact) mass is 404 g/mol. The molecule has 2 aliphatic rings. The van der Waals surface area contributed by atoms with E-state index in [4.69, 9.17) is 9.47 Å². The zero-order chi connectivity index (χ0) is 14.6. The Hall–Kier alpha value is 0.140. The van der Waals surface area contributed by atoms with Crippen LogP contribution in [0.1, 0.15) is 39.5 Å². The Morgan fingerprint density at radius 2 is 2.10 bits per heavy atom. The SMILES string of the molecule is CC[C@H]1O[C@@H]2C[C@@](C)(C=C=CBr)O[C@@H]2C/C=C\C[C@@H]1Br. The van der Waals surface area contributed by atoms with Crippen LogP contribution in [-0.2, 0) is 9.47 Å². The first-order valence-electron chi connectivity index (χ1n) is 7.22. The summed E-state index contributed by atoms with van der Waals surface area (Å²) in [5.74, 6) is 0. The number of fused-ring (bicyclic) bond motifs is 1. The maximum atomic E-state index is 6.35. The molecule has 20 heavy (non-hydrogen) atoms. The normalized spacial score (nSPS) is 42.6. The molecule has 0 spiro atoms. The van der Waals surface area contributed by atoms with E-state index in [9.17, 15) is 0 Å². The van der Waals surface area contributed by atoms with Crippen LogP contribution in [0.25, 0.3) is 0 Å². The molecule has 0 aromatic rings. The summed E-state index contributed by atoms with van der Waals surface area (Å²) in [6.07, 6.45) is 10.8. The number of hydrogen-bond acceptors (Lipinski definition) is 2. The van der Waals surface area contributed by atoms with Gasteiger partial charge in [-0.3, -0.25) is 0 Å². The molecule has 0 unspecified atom stereocenters. The lowest BCUT2D eigenvalue weighted by Crippen LogP contribution is -2.32. The van der Waals surface area contributed by atoms with E-state index >= 15 is 0 Å². The third-order valence-corrected chi connectivity index (χ3v) is 5.17. The number of rotatable bonds is 2. The quantitative estimate of drug-likeness (QED) is 0.370. The maximum absolute atomic E-state index is 6.35. The van der Waals surface area contributed by atoms with Gasteiger partial charge in [-0.05, 0) is 32.3 Å². The van der Waals surface area contributed by atoms with Crippen LogP contribution < -0.4 is 0 Å². The van der Waals surface area contributed by atoms with Gasteiger partial charge in [0.15, 0.2) is 0 Å². The fourth-order valence-corrected chi connectivity index (χ4v) is 3.75. The van der Waals surface area contributed by atoms with Crippen molar-refractivity contribution in [3.8, 4) is 0 Å². The van der Waals surface area contributed by atoms with Crippen LogP contribution in [0.15, 0.2) is 28.9 Å². The van der Waals surface area contributed by atoms with Gasteiger partial charge in [-0.15, -0.1) is 5.73 Å². The number of alkyl halides is 1. The molecule has 2 nitrogen and oxygen atoms in total. The summed E-state index contributed by atoms with van der Waals surface area (Å²) in [6.45, 7) is 4.28. The minimum Gasteiger partial charge on any atom is -0.371 e. The fraction of sp³-hybridized carbons (Fsp3) is 0.688. The molecule has 1 fully saturated rings. The first kappa shape index (κ1) is 16.5. The Morgan fingerprint density at radius 1 is 1.35 bits per heavy atom. The van der Waals surface area contributed by atoms with Gasteiger partial charge in [0, 0.05) is 16.2 Å². The molecular formula is C16H22Br2O2. The largest absolute Gasteiger partial charge is 0.371 e. The topological polar surface area (TPSA) is 18.5 Å². The number of hydrogen-bond donors (Lipinski definition) is 0. The highest BCUT2D eigenvalue weighted by Gasteiger charge is 2.43. The molecule has 0 aliphatic carbocycles. The van der Waals surface area contributed by atoms with Crippen molar-refractivity contribution < 1.29 is 9.47 Å². The standard InChI is InChI=1S/C16H22Br2O2/c1-3-13-12(18)7-4-5-8-14-15(19-13)11-16(2,20-14)9-6-10-17/h4-5,9-10,12-15H,3,7-8,11H2,1-2H3/b5-4-/t6?,12-,13+,14+,15+,16+/m0/s1. The zero-order valence-electron chi connectivity index (χ0n) is 12.0. The second-order valence-corrected chi connectivity index (χ2v) is 7.31. The zero-order valence-corrected chi connectivity index (χ0v) is 15.2. The lowest BCUT2D eigenvalue weighted by Gasteiger charge is -2.26. The lowest BCUT2D eigenvalue weighted by molar-refractivity contribution is -0.0613. The van der Waals surface area contributed by atoms with Gasteiger partial charge in [0.05, 0.1) is 23.9 Å². The summed E-state index contributed by atoms with van der Waals surface area (Å²) in [6, 6.07) is 0. The summed E-state index contributed by atoms with van der Waals surface area (Å²) in [4.78, 5) is 2.12. The van der Waals surface area contributed by atoms with E-state index in [-0.39, 0.29) is 23.9 Å². The van der Waals surface area contributed by atoms with E-state index < -0.39 is 0 Å². The molecule has 0 radical (unpaired) electrons. The third-order valence-electron chi connectivity index (χ3n) is 3.95. The van der Waals surface area contributed by atoms with Crippen LogP contribution in [0.5, 0.6) is 0 Å². The van der Waals surface area contributed by atoms with E-state index in [2.05, 4.69) is 63.6 Å². The predicted molar refractivity (Wildman–Crippen MR) is 89.5 cm³/mol. The van der Waals surface area contributed by atoms with E-state index in [1.165, 1.54) is 0 Å². The van der Waals surface area contributed by atoms with Gasteiger partial charge >= 0.3 is 0 Å². The Kier molecular flexibility index (Phi) is 6.12. The smallest absolute Gasteiger partial charge is 0.0938 e. The summed E-state index contributed by atoms with van der Waals surface area (Å²) in [5, 5.41) is 0. The van der Waals surface area contributed by atoms with Crippen molar-refractivity contribution in [1.82, 2.24) is 0 Å². The van der Waals surface area contributed by atoms with Gasteiger partial charge in [0.25, 0.3) is 0 Å². The minimum atomic E-state index is -0.285. The van der Waals surface area contributed by atoms with Crippen LogP contribution in [0.3, 0.4) is 0 Å². The van der Waals surface area contributed by atoms with Crippen molar-refractivity contribution in [3.05, 3.63) is 28.9 Å². The van der Waals surface area contributed by atoms with Gasteiger partial charge in [-0.1, -0.05) is 50.9 Å². The maximum Gasteiger partial charge on any atom is 0.0938 e. The summed E-state index contributed by atoms with van der Waals surface area (Å²) >= 11 is 7.00. The van der Waals surface area contributed by atoms with E-state index in [1.807, 2.05) is 6.08 Å². The second kappa shape index (κ2) is 7.42. The summed E-state index contributed by atoms with van der Waals surface area (Å²) in [7, 11) is 0. The van der Waals surface area contributed by atoms with Crippen molar-refractivity contribution in [2.75, 3.05) is 0 Å². The van der Waals surface area contributed by atoms with Crippen LogP contribution in [0, 0.1) is 0 Å². The highest BCUT2D eigenvalue weighted by molar-refractivity contribution is 9.11.